The summed E-state index contributed by atoms with van der Waals surface area (Å²) in [7, 11) is 0. The molecule has 2 saturated heterocycles. The number of ether oxygens (including phenoxy) is 1. The smallest absolute Gasteiger partial charge is 0.342 e. The number of amidine groups is 1. The summed E-state index contributed by atoms with van der Waals surface area (Å²) in [5.74, 6) is -0.522. The number of aromatic nitrogens is 1. The normalized spacial score (nSPS) is 23.3. The van der Waals surface area contributed by atoms with Gasteiger partial charge in [0.05, 0.1) is 19.3 Å². The second-order valence-corrected chi connectivity index (χ2v) is 12.1. The summed E-state index contributed by atoms with van der Waals surface area (Å²) in [4.78, 5) is 40.1. The first-order chi connectivity index (χ1) is 21.0. The van der Waals surface area contributed by atoms with Crippen molar-refractivity contribution in [1.82, 2.24) is 25.4 Å². The van der Waals surface area contributed by atoms with Crippen LogP contribution in [0.3, 0.4) is 0 Å². The summed E-state index contributed by atoms with van der Waals surface area (Å²) in [6.45, 7) is 6.23. The van der Waals surface area contributed by atoms with Crippen LogP contribution in [-0.4, -0.2) is 84.0 Å². The van der Waals surface area contributed by atoms with Gasteiger partial charge in [-0.05, 0) is 49.8 Å². The van der Waals surface area contributed by atoms with Gasteiger partial charge >= 0.3 is 6.03 Å². The van der Waals surface area contributed by atoms with Crippen molar-refractivity contribution in [3.05, 3.63) is 59.9 Å². The van der Waals surface area contributed by atoms with Crippen LogP contribution in [0.2, 0.25) is 0 Å². The third kappa shape index (κ3) is 7.64. The Labute approximate surface area is 254 Å². The van der Waals surface area contributed by atoms with Gasteiger partial charge in [-0.25, -0.2) is 4.79 Å². The molecule has 3 fully saturated rings. The molecule has 43 heavy (non-hydrogen) atoms. The number of nitrogens with zero attached hydrogens (tertiary/aromatic N) is 4. The van der Waals surface area contributed by atoms with Crippen molar-refractivity contribution in [2.45, 2.75) is 63.5 Å². The number of hydrogen-bond donors (Lipinski definition) is 3. The number of nitriles is 1. The van der Waals surface area contributed by atoms with Crippen LogP contribution >= 0.6 is 0 Å². The molecule has 10 heteroatoms. The van der Waals surface area contributed by atoms with Crippen LogP contribution in [0.1, 0.15) is 62.6 Å². The second-order valence-electron chi connectivity index (χ2n) is 12.1. The van der Waals surface area contributed by atoms with Gasteiger partial charge < -0.3 is 25.3 Å². The highest BCUT2D eigenvalue weighted by molar-refractivity contribution is 6.08. The molecule has 1 saturated carbocycles. The molecule has 3 N–H and O–H groups in total. The van der Waals surface area contributed by atoms with Crippen LogP contribution in [-0.2, 0) is 16.1 Å². The Morgan fingerprint density at radius 3 is 2.56 bits per heavy atom. The summed E-state index contributed by atoms with van der Waals surface area (Å²) < 4.78 is 5.64. The molecule has 0 radical (unpaired) electrons. The number of rotatable bonds is 9. The average Bonchev–Trinajstić information content (AvgIpc) is 3.71. The molecule has 3 amide bonds. The Morgan fingerprint density at radius 1 is 1.12 bits per heavy atom. The van der Waals surface area contributed by atoms with Gasteiger partial charge in [-0.1, -0.05) is 49.6 Å². The minimum atomic E-state index is -1.03. The van der Waals surface area contributed by atoms with Crippen LogP contribution < -0.4 is 10.6 Å². The molecule has 0 spiro atoms. The number of carbonyl (C=O) groups is 2. The van der Waals surface area contributed by atoms with Gasteiger partial charge in [-0.3, -0.25) is 9.69 Å². The Balaban J connectivity index is 1.51. The number of urea groups is 1. The summed E-state index contributed by atoms with van der Waals surface area (Å²) in [6.07, 6.45) is 7.82. The van der Waals surface area contributed by atoms with Gasteiger partial charge in [-0.15, -0.1) is 0 Å². The highest BCUT2D eigenvalue weighted by Gasteiger charge is 2.47. The Kier molecular flexibility index (Phi) is 10.5. The van der Waals surface area contributed by atoms with Crippen molar-refractivity contribution < 1.29 is 14.3 Å². The lowest BCUT2D eigenvalue weighted by Crippen LogP contribution is -2.57. The van der Waals surface area contributed by atoms with Gasteiger partial charge in [0.25, 0.3) is 0 Å². The molecular weight excluding hydrogens is 542 g/mol. The summed E-state index contributed by atoms with van der Waals surface area (Å²) >= 11 is 0. The van der Waals surface area contributed by atoms with Crippen molar-refractivity contribution in [3.8, 4) is 6.07 Å². The van der Waals surface area contributed by atoms with Gasteiger partial charge in [0.1, 0.15) is 17.3 Å². The van der Waals surface area contributed by atoms with Crippen LogP contribution in [0.5, 0.6) is 0 Å². The van der Waals surface area contributed by atoms with E-state index in [0.29, 0.717) is 64.7 Å². The number of hydrogen-bond acceptors (Lipinski definition) is 5. The molecular formula is C33H45N7O3. The molecule has 10 nitrogen and oxygen atoms in total. The molecule has 0 bridgehead atoms. The zero-order chi connectivity index (χ0) is 30.1. The van der Waals surface area contributed by atoms with Crippen molar-refractivity contribution in [2.24, 2.45) is 16.8 Å². The Hall–Kier alpha value is -3.68. The number of aromatic amines is 1. The first-order valence-corrected chi connectivity index (χ1v) is 15.8. The molecule has 3 aliphatic rings. The van der Waals surface area contributed by atoms with E-state index in [1.165, 1.54) is 12.0 Å². The Bertz CT molecular complexity index is 1260. The van der Waals surface area contributed by atoms with Gasteiger partial charge in [0.2, 0.25) is 5.91 Å². The quantitative estimate of drug-likeness (QED) is 0.300. The summed E-state index contributed by atoms with van der Waals surface area (Å²) in [5.41, 5.74) is 1.11. The number of likely N-dealkylation sites (tertiary alicyclic amines) is 1. The van der Waals surface area contributed by atoms with Crippen LogP contribution in [0, 0.1) is 23.2 Å². The van der Waals surface area contributed by atoms with Crippen LogP contribution in [0.15, 0.2) is 53.7 Å². The first-order valence-electron chi connectivity index (χ1n) is 15.8. The molecule has 3 atom stereocenters. The zero-order valence-electron chi connectivity index (χ0n) is 25.3. The standard InChI is InChI=1S/C33H45N7O3/c1-2-35-32(42)37-30(40-18-20-43-21-19-40)29(28(27-14-9-16-36-27)26-12-7-4-8-13-26)31(41)38-33(23-34)15-17-39(24-33)22-25-10-5-3-6-11-25/h3,5-6,9-11,14,16,26,28-29,36H,2,4,7-8,12-13,15,17-22,24H2,1H3,(H,35,42)(H,38,41). The molecule has 1 aliphatic carbocycles. The topological polar surface area (TPSA) is 126 Å². The SMILES string of the molecule is CCNC(=O)N=C(C(C(=O)NC1(C#N)CCN(Cc2ccccc2)C1)C(c1ccc[nH]1)C1CCCCC1)N1CCOCC1. The van der Waals surface area contributed by atoms with Gasteiger partial charge in [0, 0.05) is 57.1 Å². The molecule has 3 heterocycles. The highest BCUT2D eigenvalue weighted by Crippen LogP contribution is 2.42. The Morgan fingerprint density at radius 2 is 1.88 bits per heavy atom. The van der Waals surface area contributed by atoms with E-state index in [-0.39, 0.29) is 17.7 Å². The number of benzene rings is 1. The number of amides is 3. The minimum Gasteiger partial charge on any atom is -0.378 e. The van der Waals surface area contributed by atoms with E-state index in [4.69, 9.17) is 4.74 Å². The van der Waals surface area contributed by atoms with Gasteiger partial charge in [0.15, 0.2) is 0 Å². The number of aliphatic imine (C=N–C) groups is 1. The molecule has 3 unspecified atom stereocenters. The molecule has 2 aromatic rings. The lowest BCUT2D eigenvalue weighted by atomic mass is 9.71. The van der Waals surface area contributed by atoms with Crippen molar-refractivity contribution in [2.75, 3.05) is 45.9 Å². The van der Waals surface area contributed by atoms with E-state index in [9.17, 15) is 14.9 Å². The largest absolute Gasteiger partial charge is 0.378 e. The van der Waals surface area contributed by atoms with Crippen molar-refractivity contribution >= 4 is 17.8 Å². The monoisotopic (exact) mass is 587 g/mol. The fraction of sp³-hybridized carbons (Fsp3) is 0.576. The molecule has 1 aromatic heterocycles. The van der Waals surface area contributed by atoms with Crippen LogP contribution in [0.25, 0.3) is 0 Å². The second kappa shape index (κ2) is 14.7. The highest BCUT2D eigenvalue weighted by atomic mass is 16.5. The van der Waals surface area contributed by atoms with E-state index in [0.717, 1.165) is 31.4 Å². The average molecular weight is 588 g/mol. The zero-order valence-corrected chi connectivity index (χ0v) is 25.3. The maximum absolute atomic E-state index is 14.8. The predicted octanol–water partition coefficient (Wildman–Crippen LogP) is 4.04. The number of nitrogens with one attached hydrogen (secondary N) is 3. The molecule has 230 valence electrons. The van der Waals surface area contributed by atoms with Crippen molar-refractivity contribution in [3.63, 3.8) is 0 Å². The van der Waals surface area contributed by atoms with Gasteiger partial charge in [-0.2, -0.15) is 10.3 Å². The lowest BCUT2D eigenvalue weighted by Gasteiger charge is -2.40. The van der Waals surface area contributed by atoms with Crippen molar-refractivity contribution in [1.29, 1.82) is 5.26 Å². The maximum Gasteiger partial charge on any atom is 0.342 e. The van der Waals surface area contributed by atoms with E-state index in [2.05, 4.69) is 43.7 Å². The fourth-order valence-electron chi connectivity index (χ4n) is 7.02. The predicted molar refractivity (Wildman–Crippen MR) is 165 cm³/mol. The van der Waals surface area contributed by atoms with E-state index < -0.39 is 17.5 Å². The van der Waals surface area contributed by atoms with E-state index >= 15 is 0 Å². The first kappa shape index (κ1) is 30.8. The molecule has 1 aromatic carbocycles. The number of morpholine rings is 1. The van der Waals surface area contributed by atoms with Crippen LogP contribution in [0.4, 0.5) is 4.79 Å². The molecule has 2 aliphatic heterocycles. The third-order valence-corrected chi connectivity index (χ3v) is 9.11. The molecule has 5 rings (SSSR count). The number of carbonyl (C=O) groups excluding carboxylic acids is 2. The number of H-pyrrole nitrogens is 1. The lowest BCUT2D eigenvalue weighted by molar-refractivity contribution is -0.125. The van der Waals surface area contributed by atoms with E-state index in [1.807, 2.05) is 48.4 Å². The third-order valence-electron chi connectivity index (χ3n) is 9.11. The fourth-order valence-corrected chi connectivity index (χ4v) is 7.02. The minimum absolute atomic E-state index is 0.219. The maximum atomic E-state index is 14.8. The van der Waals surface area contributed by atoms with E-state index in [1.54, 1.807) is 0 Å². The summed E-state index contributed by atoms with van der Waals surface area (Å²) in [6, 6.07) is 16.2. The summed E-state index contributed by atoms with van der Waals surface area (Å²) in [5, 5.41) is 16.5.